The first-order valence-corrected chi connectivity index (χ1v) is 6.80. The van der Waals surface area contributed by atoms with Crippen molar-refractivity contribution >= 4 is 29.1 Å². The molecule has 0 unspecified atom stereocenters. The molecular weight excluding hydrogens is 258 g/mol. The van der Waals surface area contributed by atoms with Crippen molar-refractivity contribution in [3.63, 3.8) is 0 Å². The Morgan fingerprint density at radius 2 is 2.05 bits per heavy atom. The third-order valence-electron chi connectivity index (χ3n) is 3.33. The smallest absolute Gasteiger partial charge is 0.303 e. The zero-order valence-corrected chi connectivity index (χ0v) is 11.7. The van der Waals surface area contributed by atoms with Gasteiger partial charge in [-0.15, -0.1) is 0 Å². The quantitative estimate of drug-likeness (QED) is 0.668. The number of carboxylic acids is 1. The first-order valence-electron chi connectivity index (χ1n) is 6.39. The number of hydrogen-bond acceptors (Lipinski definition) is 2. The predicted molar refractivity (Wildman–Crippen MR) is 78.9 cm³/mol. The number of hydrogen-bond donors (Lipinski definition) is 1. The van der Waals surface area contributed by atoms with Crippen LogP contribution in [0.4, 0.5) is 0 Å². The van der Waals surface area contributed by atoms with Gasteiger partial charge < -0.3 is 9.67 Å². The molecule has 4 heteroatoms. The lowest BCUT2D eigenvalue weighted by Gasteiger charge is -2.12. The Kier molecular flexibility index (Phi) is 4.32. The van der Waals surface area contributed by atoms with Crippen molar-refractivity contribution in [3.8, 4) is 0 Å². The molecule has 1 N–H and O–H groups in total. The standard InChI is InChI=1S/C15H17NO2S/c1-16-11(6-2-5-9-15(17)18)10-14(19)12-7-3-4-8-13(12)16/h3-4,7-8,10H,2,5-6,9H2,1H3,(H,17,18). The Balaban J connectivity index is 2.22. The molecule has 1 aromatic heterocycles. The average molecular weight is 275 g/mol. The van der Waals surface area contributed by atoms with Gasteiger partial charge in [-0.2, -0.15) is 0 Å². The van der Waals surface area contributed by atoms with Crippen LogP contribution in [-0.2, 0) is 18.3 Å². The Morgan fingerprint density at radius 3 is 2.79 bits per heavy atom. The number of pyridine rings is 1. The van der Waals surface area contributed by atoms with E-state index in [0.29, 0.717) is 6.42 Å². The molecule has 19 heavy (non-hydrogen) atoms. The maximum absolute atomic E-state index is 10.5. The Bertz CT molecular complexity index is 661. The van der Waals surface area contributed by atoms with Crippen LogP contribution < -0.4 is 0 Å². The molecule has 1 heterocycles. The summed E-state index contributed by atoms with van der Waals surface area (Å²) in [7, 11) is 2.03. The van der Waals surface area contributed by atoms with Crippen molar-refractivity contribution in [2.24, 2.45) is 7.05 Å². The number of nitrogens with zero attached hydrogens (tertiary/aromatic N) is 1. The van der Waals surface area contributed by atoms with Crippen LogP contribution in [-0.4, -0.2) is 15.6 Å². The first kappa shape index (κ1) is 13.7. The van der Waals surface area contributed by atoms with Gasteiger partial charge in [0.25, 0.3) is 0 Å². The van der Waals surface area contributed by atoms with Crippen molar-refractivity contribution in [2.45, 2.75) is 25.7 Å². The van der Waals surface area contributed by atoms with Gasteiger partial charge in [0.05, 0.1) is 0 Å². The topological polar surface area (TPSA) is 42.2 Å². The van der Waals surface area contributed by atoms with Crippen LogP contribution in [0.2, 0.25) is 0 Å². The summed E-state index contributed by atoms with van der Waals surface area (Å²) in [5, 5.41) is 9.72. The summed E-state index contributed by atoms with van der Waals surface area (Å²) in [4.78, 5) is 10.5. The van der Waals surface area contributed by atoms with E-state index in [2.05, 4.69) is 10.6 Å². The zero-order valence-electron chi connectivity index (χ0n) is 10.9. The molecule has 0 radical (unpaired) electrons. The van der Waals surface area contributed by atoms with Crippen molar-refractivity contribution in [3.05, 3.63) is 40.5 Å². The van der Waals surface area contributed by atoms with E-state index in [9.17, 15) is 4.79 Å². The number of benzene rings is 1. The summed E-state index contributed by atoms with van der Waals surface area (Å²) in [6, 6.07) is 10.1. The molecular formula is C15H17NO2S. The highest BCUT2D eigenvalue weighted by molar-refractivity contribution is 7.71. The van der Waals surface area contributed by atoms with E-state index in [1.165, 1.54) is 0 Å². The Hall–Kier alpha value is -1.68. The van der Waals surface area contributed by atoms with Crippen molar-refractivity contribution in [1.82, 2.24) is 4.57 Å². The fourth-order valence-electron chi connectivity index (χ4n) is 2.28. The van der Waals surface area contributed by atoms with Crippen molar-refractivity contribution in [1.29, 1.82) is 0 Å². The van der Waals surface area contributed by atoms with Gasteiger partial charge >= 0.3 is 5.97 Å². The highest BCUT2D eigenvalue weighted by atomic mass is 32.1. The Labute approximate surface area is 117 Å². The second-order valence-corrected chi connectivity index (χ2v) is 5.12. The molecule has 0 aliphatic heterocycles. The average Bonchev–Trinajstić information content (AvgIpc) is 2.40. The molecule has 100 valence electrons. The first-order chi connectivity index (χ1) is 9.09. The number of fused-ring (bicyclic) bond motifs is 1. The molecule has 0 aliphatic rings. The molecule has 0 saturated heterocycles. The van der Waals surface area contributed by atoms with Gasteiger partial charge in [-0.05, 0) is 31.4 Å². The molecule has 2 rings (SSSR count). The number of aliphatic carboxylic acids is 1. The van der Waals surface area contributed by atoms with Gasteiger partial charge in [0, 0.05) is 34.6 Å². The summed E-state index contributed by atoms with van der Waals surface area (Å²) in [6.07, 6.45) is 2.67. The number of para-hydroxylation sites is 1. The SMILES string of the molecule is Cn1c(CCCCC(=O)O)cc(=S)c2ccccc21. The number of carbonyl (C=O) groups is 1. The summed E-state index contributed by atoms with van der Waals surface area (Å²) < 4.78 is 3.01. The molecule has 0 saturated carbocycles. The maximum atomic E-state index is 10.5. The molecule has 0 amide bonds. The van der Waals surface area contributed by atoms with Gasteiger partial charge in [0.15, 0.2) is 0 Å². The van der Waals surface area contributed by atoms with Crippen LogP contribution in [0, 0.1) is 4.51 Å². The third-order valence-corrected chi connectivity index (χ3v) is 3.67. The number of aryl methyl sites for hydroxylation is 2. The van der Waals surface area contributed by atoms with Gasteiger partial charge in [0.1, 0.15) is 0 Å². The molecule has 0 fully saturated rings. The van der Waals surface area contributed by atoms with Crippen LogP contribution in [0.25, 0.3) is 10.9 Å². The monoisotopic (exact) mass is 275 g/mol. The lowest BCUT2D eigenvalue weighted by atomic mass is 10.1. The fraction of sp³-hybridized carbons (Fsp3) is 0.333. The second kappa shape index (κ2) is 5.97. The normalized spacial score (nSPS) is 10.8. The summed E-state index contributed by atoms with van der Waals surface area (Å²) in [5.74, 6) is -0.730. The minimum atomic E-state index is -0.730. The minimum absolute atomic E-state index is 0.234. The molecule has 0 atom stereocenters. The van der Waals surface area contributed by atoms with Crippen molar-refractivity contribution < 1.29 is 9.90 Å². The highest BCUT2D eigenvalue weighted by Crippen LogP contribution is 2.18. The zero-order chi connectivity index (χ0) is 13.8. The van der Waals surface area contributed by atoms with Crippen molar-refractivity contribution in [2.75, 3.05) is 0 Å². The molecule has 0 bridgehead atoms. The second-order valence-electron chi connectivity index (χ2n) is 4.68. The molecule has 0 spiro atoms. The largest absolute Gasteiger partial charge is 0.481 e. The minimum Gasteiger partial charge on any atom is -0.481 e. The van der Waals surface area contributed by atoms with E-state index < -0.39 is 5.97 Å². The highest BCUT2D eigenvalue weighted by Gasteiger charge is 2.04. The van der Waals surface area contributed by atoms with Crippen LogP contribution in [0.3, 0.4) is 0 Å². The van der Waals surface area contributed by atoms with E-state index >= 15 is 0 Å². The summed E-state index contributed by atoms with van der Waals surface area (Å²) in [5.41, 5.74) is 2.29. The summed E-state index contributed by atoms with van der Waals surface area (Å²) in [6.45, 7) is 0. The number of unbranched alkanes of at least 4 members (excludes halogenated alkanes) is 1. The fourth-order valence-corrected chi connectivity index (χ4v) is 2.59. The van der Waals surface area contributed by atoms with Crippen LogP contribution in [0.5, 0.6) is 0 Å². The molecule has 3 nitrogen and oxygen atoms in total. The van der Waals surface area contributed by atoms with E-state index in [0.717, 1.165) is 33.9 Å². The number of carboxylic acid groups (broad SMARTS) is 1. The summed E-state index contributed by atoms with van der Waals surface area (Å²) >= 11 is 5.41. The predicted octanol–water partition coefficient (Wildman–Crippen LogP) is 3.71. The van der Waals surface area contributed by atoms with E-state index in [1.54, 1.807) is 0 Å². The molecule has 2 aromatic rings. The lowest BCUT2D eigenvalue weighted by molar-refractivity contribution is -0.137. The van der Waals surface area contributed by atoms with Gasteiger partial charge in [-0.3, -0.25) is 4.79 Å². The third kappa shape index (κ3) is 3.20. The Morgan fingerprint density at radius 1 is 1.32 bits per heavy atom. The van der Waals surface area contributed by atoms with E-state index in [-0.39, 0.29) is 6.42 Å². The van der Waals surface area contributed by atoms with Crippen LogP contribution in [0.15, 0.2) is 30.3 Å². The van der Waals surface area contributed by atoms with E-state index in [1.807, 2.05) is 31.3 Å². The molecule has 1 aromatic carbocycles. The number of aromatic nitrogens is 1. The number of rotatable bonds is 5. The van der Waals surface area contributed by atoms with Crippen LogP contribution in [0.1, 0.15) is 25.0 Å². The maximum Gasteiger partial charge on any atom is 0.303 e. The molecule has 0 aliphatic carbocycles. The van der Waals surface area contributed by atoms with Gasteiger partial charge in [0.2, 0.25) is 0 Å². The van der Waals surface area contributed by atoms with Gasteiger partial charge in [-0.1, -0.05) is 30.4 Å². The van der Waals surface area contributed by atoms with E-state index in [4.69, 9.17) is 17.3 Å². The van der Waals surface area contributed by atoms with Gasteiger partial charge in [-0.25, -0.2) is 0 Å². The lowest BCUT2D eigenvalue weighted by Crippen LogP contribution is -2.03. The van der Waals surface area contributed by atoms with Crippen LogP contribution >= 0.6 is 12.2 Å².